The summed E-state index contributed by atoms with van der Waals surface area (Å²) in [6, 6.07) is 27.7. The molecule has 0 aliphatic carbocycles. The van der Waals surface area contributed by atoms with Crippen molar-refractivity contribution in [2.45, 2.75) is 13.8 Å². The van der Waals surface area contributed by atoms with E-state index in [1.54, 1.807) is 22.7 Å². The highest BCUT2D eigenvalue weighted by Gasteiger charge is 2.08. The number of likely N-dealkylation sites (N-methyl/N-ethyl adjacent to an activating group) is 2. The lowest BCUT2D eigenvalue weighted by atomic mass is 10.2. The number of rotatable bonds is 14. The number of fused-ring (bicyclic) bond motifs is 2. The smallest absolute Gasteiger partial charge is 0.141 e. The third-order valence-corrected chi connectivity index (χ3v) is 7.54. The van der Waals surface area contributed by atoms with Gasteiger partial charge in [-0.3, -0.25) is 10.0 Å². The first-order chi connectivity index (χ1) is 23.9. The molecule has 2 aromatic heterocycles. The molecule has 6 aromatic rings. The Morgan fingerprint density at radius 3 is 1.51 bits per heavy atom. The van der Waals surface area contributed by atoms with Gasteiger partial charge in [0.15, 0.2) is 0 Å². The Hall–Kier alpha value is -6.08. The van der Waals surface area contributed by atoms with Crippen LogP contribution in [-0.2, 0) is 4.74 Å². The van der Waals surface area contributed by atoms with Crippen molar-refractivity contribution in [3.05, 3.63) is 109 Å². The number of hydrogen-bond donors (Lipinski definition) is 2. The Kier molecular flexibility index (Phi) is 10.5. The molecule has 0 aliphatic heterocycles. The standard InChI is InChI=1S/C36H38N12O/c1-25-7-5-9-27(19-25)41-35-31-21-29(11-13-33(31)37-23-39-35)43-45-47(3)15-17-49-18-16-48(4)46-44-30-12-14-34-32(22-30)36(40-24-38-34)42-28-10-6-8-26(2)20-28/h5-14,19-24H,15-18H2,1-4H3,(H,37,39,41)(H,38,40,42). The quantitative estimate of drug-likeness (QED) is 0.0674. The SMILES string of the molecule is Cc1cccc(Nc2ncnc3ccc(N=NN(C)CCOCCN(C)N=Nc4ccc5ncnc(Nc6cccc(C)c6)c5c4)cc23)c1. The maximum absolute atomic E-state index is 5.82. The molecule has 0 saturated heterocycles. The van der Waals surface area contributed by atoms with E-state index in [-0.39, 0.29) is 0 Å². The molecule has 0 unspecified atom stereocenters. The molecule has 0 radical (unpaired) electrons. The van der Waals surface area contributed by atoms with Gasteiger partial charge in [-0.05, 0) is 85.6 Å². The van der Waals surface area contributed by atoms with E-state index in [4.69, 9.17) is 4.74 Å². The summed E-state index contributed by atoms with van der Waals surface area (Å²) in [5.74, 6) is 1.43. The third kappa shape index (κ3) is 9.05. The summed E-state index contributed by atoms with van der Waals surface area (Å²) in [6.45, 7) is 6.22. The van der Waals surface area contributed by atoms with Crippen LogP contribution in [0.25, 0.3) is 21.8 Å². The van der Waals surface area contributed by atoms with Gasteiger partial charge >= 0.3 is 0 Å². The molecule has 0 bridgehead atoms. The zero-order valence-electron chi connectivity index (χ0n) is 27.9. The summed E-state index contributed by atoms with van der Waals surface area (Å²) in [5.41, 5.74) is 7.30. The average molecular weight is 655 g/mol. The van der Waals surface area contributed by atoms with E-state index in [9.17, 15) is 0 Å². The maximum atomic E-state index is 5.82. The van der Waals surface area contributed by atoms with Gasteiger partial charge < -0.3 is 15.4 Å². The molecule has 0 saturated carbocycles. The summed E-state index contributed by atoms with van der Waals surface area (Å²) in [4.78, 5) is 17.7. The van der Waals surface area contributed by atoms with E-state index in [1.807, 2.05) is 74.8 Å². The second kappa shape index (κ2) is 15.7. The summed E-state index contributed by atoms with van der Waals surface area (Å²) in [7, 11) is 3.72. The number of benzene rings is 4. The number of hydrogen-bond acceptors (Lipinski definition) is 11. The van der Waals surface area contributed by atoms with E-state index in [0.29, 0.717) is 49.3 Å². The normalized spacial score (nSPS) is 11.5. The van der Waals surface area contributed by atoms with Crippen molar-refractivity contribution in [2.75, 3.05) is 51.0 Å². The van der Waals surface area contributed by atoms with E-state index in [2.05, 4.69) is 89.4 Å². The number of nitrogens with one attached hydrogen (secondary N) is 2. The number of nitrogens with zero attached hydrogens (tertiary/aromatic N) is 10. The topological polar surface area (TPSA) is 141 Å². The van der Waals surface area contributed by atoms with Gasteiger partial charge in [0.25, 0.3) is 0 Å². The van der Waals surface area contributed by atoms with Gasteiger partial charge in [0.2, 0.25) is 0 Å². The number of aromatic nitrogens is 4. The van der Waals surface area contributed by atoms with Crippen LogP contribution in [0.2, 0.25) is 0 Å². The fourth-order valence-electron chi connectivity index (χ4n) is 4.97. The highest BCUT2D eigenvalue weighted by atomic mass is 16.5. The fraction of sp³-hybridized carbons (Fsp3) is 0.222. The first-order valence-electron chi connectivity index (χ1n) is 15.9. The van der Waals surface area contributed by atoms with Gasteiger partial charge in [-0.1, -0.05) is 34.7 Å². The average Bonchev–Trinajstić information content (AvgIpc) is 3.10. The van der Waals surface area contributed by atoms with Gasteiger partial charge in [0, 0.05) is 36.2 Å². The van der Waals surface area contributed by atoms with Crippen LogP contribution >= 0.6 is 0 Å². The van der Waals surface area contributed by atoms with Gasteiger partial charge in [-0.15, -0.1) is 10.2 Å². The molecule has 248 valence electrons. The maximum Gasteiger partial charge on any atom is 0.141 e. The minimum Gasteiger partial charge on any atom is -0.378 e. The second-order valence-corrected chi connectivity index (χ2v) is 11.6. The molecule has 4 aromatic carbocycles. The first-order valence-corrected chi connectivity index (χ1v) is 15.9. The Morgan fingerprint density at radius 2 is 1.06 bits per heavy atom. The van der Waals surface area contributed by atoms with Crippen LogP contribution in [0.1, 0.15) is 11.1 Å². The fourth-order valence-corrected chi connectivity index (χ4v) is 4.97. The largest absolute Gasteiger partial charge is 0.378 e. The lowest BCUT2D eigenvalue weighted by molar-refractivity contribution is 0.0924. The molecule has 2 heterocycles. The monoisotopic (exact) mass is 654 g/mol. The number of aryl methyl sites for hydroxylation is 2. The summed E-state index contributed by atoms with van der Waals surface area (Å²) < 4.78 is 5.82. The van der Waals surface area contributed by atoms with Crippen LogP contribution < -0.4 is 10.6 Å². The predicted molar refractivity (Wildman–Crippen MR) is 193 cm³/mol. The van der Waals surface area contributed by atoms with E-state index < -0.39 is 0 Å². The summed E-state index contributed by atoms with van der Waals surface area (Å²) in [6.07, 6.45) is 3.11. The molecule has 0 fully saturated rings. The third-order valence-electron chi connectivity index (χ3n) is 7.54. The Bertz CT molecular complexity index is 1950. The van der Waals surface area contributed by atoms with Gasteiger partial charge in [-0.25, -0.2) is 19.9 Å². The van der Waals surface area contributed by atoms with Gasteiger partial charge in [0.1, 0.15) is 24.3 Å². The molecule has 13 heteroatoms. The lowest BCUT2D eigenvalue weighted by Gasteiger charge is -2.14. The molecular weight excluding hydrogens is 616 g/mol. The summed E-state index contributed by atoms with van der Waals surface area (Å²) >= 11 is 0. The minimum absolute atomic E-state index is 0.484. The van der Waals surface area contributed by atoms with Crippen LogP contribution in [0.15, 0.2) is 118 Å². The van der Waals surface area contributed by atoms with Crippen molar-refractivity contribution in [1.82, 2.24) is 30.0 Å². The van der Waals surface area contributed by atoms with Crippen molar-refractivity contribution in [3.8, 4) is 0 Å². The van der Waals surface area contributed by atoms with Crippen molar-refractivity contribution >= 4 is 56.2 Å². The molecule has 0 aliphatic rings. The highest BCUT2D eigenvalue weighted by molar-refractivity contribution is 5.93. The van der Waals surface area contributed by atoms with Gasteiger partial charge in [-0.2, -0.15) is 0 Å². The van der Waals surface area contributed by atoms with Crippen molar-refractivity contribution < 1.29 is 4.74 Å². The predicted octanol–water partition coefficient (Wildman–Crippen LogP) is 8.25. The van der Waals surface area contributed by atoms with E-state index in [0.717, 1.165) is 44.3 Å². The van der Waals surface area contributed by atoms with Crippen LogP contribution in [-0.4, -0.2) is 70.4 Å². The minimum atomic E-state index is 0.484. The zero-order chi connectivity index (χ0) is 34.0. The van der Waals surface area contributed by atoms with Crippen LogP contribution in [0, 0.1) is 13.8 Å². The molecule has 0 amide bonds. The van der Waals surface area contributed by atoms with Crippen molar-refractivity contribution in [2.24, 2.45) is 20.7 Å². The van der Waals surface area contributed by atoms with Crippen molar-refractivity contribution in [1.29, 1.82) is 0 Å². The highest BCUT2D eigenvalue weighted by Crippen LogP contribution is 2.29. The second-order valence-electron chi connectivity index (χ2n) is 11.6. The molecule has 2 N–H and O–H groups in total. The molecule has 49 heavy (non-hydrogen) atoms. The summed E-state index contributed by atoms with van der Waals surface area (Å²) in [5, 5.41) is 29.5. The van der Waals surface area contributed by atoms with Gasteiger partial charge in [0.05, 0.1) is 48.7 Å². The van der Waals surface area contributed by atoms with E-state index >= 15 is 0 Å². The van der Waals surface area contributed by atoms with Crippen molar-refractivity contribution in [3.63, 3.8) is 0 Å². The zero-order valence-corrected chi connectivity index (χ0v) is 27.9. The molecular formula is C36H38N12O. The van der Waals surface area contributed by atoms with E-state index in [1.165, 1.54) is 0 Å². The van der Waals surface area contributed by atoms with Crippen LogP contribution in [0.5, 0.6) is 0 Å². The Balaban J connectivity index is 0.964. The Labute approximate surface area is 284 Å². The Morgan fingerprint density at radius 1 is 0.592 bits per heavy atom. The molecule has 6 rings (SSSR count). The lowest BCUT2D eigenvalue weighted by Crippen LogP contribution is -2.21. The molecule has 0 spiro atoms. The number of ether oxygens (including phenoxy) is 1. The van der Waals surface area contributed by atoms with Crippen LogP contribution in [0.3, 0.4) is 0 Å². The number of anilines is 4. The first kappa shape index (κ1) is 32.8. The molecule has 0 atom stereocenters. The molecule has 13 nitrogen and oxygen atoms in total. The van der Waals surface area contributed by atoms with Crippen LogP contribution in [0.4, 0.5) is 34.4 Å².